The maximum absolute atomic E-state index is 10.1. The summed E-state index contributed by atoms with van der Waals surface area (Å²) in [6.07, 6.45) is 11.3. The molecule has 0 radical (unpaired) electrons. The van der Waals surface area contributed by atoms with E-state index in [0.717, 1.165) is 5.92 Å². The molecule has 2 unspecified atom stereocenters. The van der Waals surface area contributed by atoms with Crippen molar-refractivity contribution in [2.75, 3.05) is 0 Å². The van der Waals surface area contributed by atoms with Crippen LogP contribution in [0, 0.1) is 17.8 Å². The van der Waals surface area contributed by atoms with Crippen molar-refractivity contribution in [2.24, 2.45) is 17.8 Å². The van der Waals surface area contributed by atoms with Gasteiger partial charge in [-0.3, -0.25) is 4.79 Å². The van der Waals surface area contributed by atoms with Crippen molar-refractivity contribution < 1.29 is 4.79 Å². The summed E-state index contributed by atoms with van der Waals surface area (Å²) in [5.41, 5.74) is 1.30. The minimum atomic E-state index is 0.213. The number of hydrogen-bond donors (Lipinski definition) is 0. The molecule has 0 heterocycles. The SMILES string of the molecule is C=C(C)C(C)CC1C=CC=CC1.CC.CC(=O)C(C)C. The fraction of sp³-hybridized carbons (Fsp3) is 0.632. The number of rotatable bonds is 4. The third kappa shape index (κ3) is 12.0. The second-order valence-electron chi connectivity index (χ2n) is 5.56. The minimum Gasteiger partial charge on any atom is -0.300 e. The lowest BCUT2D eigenvalue weighted by molar-refractivity contribution is -0.119. The van der Waals surface area contributed by atoms with Gasteiger partial charge in [-0.2, -0.15) is 0 Å². The molecule has 0 aliphatic heterocycles. The molecule has 1 aliphatic rings. The van der Waals surface area contributed by atoms with E-state index in [0.29, 0.717) is 5.92 Å². The molecule has 0 aromatic heterocycles. The predicted molar refractivity (Wildman–Crippen MR) is 91.8 cm³/mol. The van der Waals surface area contributed by atoms with Crippen molar-refractivity contribution in [1.29, 1.82) is 0 Å². The van der Waals surface area contributed by atoms with Crippen molar-refractivity contribution in [2.45, 2.75) is 61.3 Å². The Morgan fingerprint density at radius 1 is 1.20 bits per heavy atom. The summed E-state index contributed by atoms with van der Waals surface area (Å²) in [4.78, 5) is 10.1. The van der Waals surface area contributed by atoms with Gasteiger partial charge in [0, 0.05) is 5.92 Å². The van der Waals surface area contributed by atoms with E-state index in [2.05, 4.69) is 44.7 Å². The molecule has 0 amide bonds. The lowest BCUT2D eigenvalue weighted by Gasteiger charge is -2.18. The molecule has 1 aliphatic carbocycles. The standard InChI is InChI=1S/C12H18.C5H10O.C2H6/c1-10(2)11(3)9-12-7-5-4-6-8-12;1-4(2)5(3)6;1-2/h4-7,11-12H,1,8-9H2,2-3H3;4H,1-3H3;1-2H3. The Bertz CT molecular complexity index is 321. The average molecular weight is 278 g/mol. The van der Waals surface area contributed by atoms with E-state index >= 15 is 0 Å². The maximum atomic E-state index is 10.1. The van der Waals surface area contributed by atoms with Crippen LogP contribution >= 0.6 is 0 Å². The maximum Gasteiger partial charge on any atom is 0.132 e. The van der Waals surface area contributed by atoms with Crippen molar-refractivity contribution >= 4 is 5.78 Å². The van der Waals surface area contributed by atoms with Crippen LogP contribution in [-0.4, -0.2) is 5.78 Å². The normalized spacial score (nSPS) is 17.5. The van der Waals surface area contributed by atoms with Crippen LogP contribution in [0.2, 0.25) is 0 Å². The first-order valence-electron chi connectivity index (χ1n) is 7.83. The summed E-state index contributed by atoms with van der Waals surface area (Å²) >= 11 is 0. The van der Waals surface area contributed by atoms with Gasteiger partial charge < -0.3 is 0 Å². The molecule has 116 valence electrons. The zero-order valence-corrected chi connectivity index (χ0v) is 14.6. The molecule has 1 nitrogen and oxygen atoms in total. The minimum absolute atomic E-state index is 0.213. The molecule has 0 bridgehead atoms. The van der Waals surface area contributed by atoms with Crippen LogP contribution in [0.5, 0.6) is 0 Å². The van der Waals surface area contributed by atoms with Gasteiger partial charge in [-0.15, -0.1) is 0 Å². The highest BCUT2D eigenvalue weighted by molar-refractivity contribution is 5.77. The molecule has 0 saturated carbocycles. The zero-order chi connectivity index (χ0) is 16.1. The van der Waals surface area contributed by atoms with Gasteiger partial charge in [0.1, 0.15) is 5.78 Å². The Hall–Kier alpha value is -1.11. The van der Waals surface area contributed by atoms with Crippen LogP contribution < -0.4 is 0 Å². The lowest BCUT2D eigenvalue weighted by Crippen LogP contribution is -2.05. The van der Waals surface area contributed by atoms with E-state index in [1.807, 2.05) is 27.7 Å². The van der Waals surface area contributed by atoms with Crippen LogP contribution in [0.4, 0.5) is 0 Å². The highest BCUT2D eigenvalue weighted by Crippen LogP contribution is 2.23. The van der Waals surface area contributed by atoms with Gasteiger partial charge in [0.05, 0.1) is 0 Å². The van der Waals surface area contributed by atoms with E-state index < -0.39 is 0 Å². The van der Waals surface area contributed by atoms with E-state index in [9.17, 15) is 4.79 Å². The monoisotopic (exact) mass is 278 g/mol. The molecule has 20 heavy (non-hydrogen) atoms. The number of carbonyl (C=O) groups excluding carboxylic acids is 1. The summed E-state index contributed by atoms with van der Waals surface area (Å²) in [5, 5.41) is 0. The number of allylic oxidation sites excluding steroid dienone is 5. The molecule has 0 N–H and O–H groups in total. The fourth-order valence-corrected chi connectivity index (χ4v) is 1.46. The molecule has 1 heteroatoms. The Morgan fingerprint density at radius 2 is 1.70 bits per heavy atom. The third-order valence-corrected chi connectivity index (χ3v) is 3.38. The van der Waals surface area contributed by atoms with Crippen LogP contribution in [0.25, 0.3) is 0 Å². The van der Waals surface area contributed by atoms with Crippen LogP contribution in [0.15, 0.2) is 36.5 Å². The summed E-state index contributed by atoms with van der Waals surface area (Å²) in [6.45, 7) is 17.7. The first-order valence-corrected chi connectivity index (χ1v) is 7.83. The fourth-order valence-electron chi connectivity index (χ4n) is 1.46. The quantitative estimate of drug-likeness (QED) is 0.578. The van der Waals surface area contributed by atoms with Gasteiger partial charge in [-0.1, -0.05) is 71.1 Å². The second kappa shape index (κ2) is 12.9. The smallest absolute Gasteiger partial charge is 0.132 e. The Morgan fingerprint density at radius 3 is 2.00 bits per heavy atom. The average Bonchev–Trinajstić information content (AvgIpc) is 2.42. The van der Waals surface area contributed by atoms with Crippen LogP contribution in [-0.2, 0) is 4.79 Å². The highest BCUT2D eigenvalue weighted by atomic mass is 16.1. The topological polar surface area (TPSA) is 17.1 Å². The van der Waals surface area contributed by atoms with Gasteiger partial charge in [-0.05, 0) is 38.5 Å². The molecule has 2 atom stereocenters. The molecule has 0 spiro atoms. The largest absolute Gasteiger partial charge is 0.300 e. The van der Waals surface area contributed by atoms with Crippen molar-refractivity contribution in [3.63, 3.8) is 0 Å². The first-order chi connectivity index (χ1) is 9.34. The van der Waals surface area contributed by atoms with Gasteiger partial charge in [0.2, 0.25) is 0 Å². The van der Waals surface area contributed by atoms with Crippen LogP contribution in [0.1, 0.15) is 61.3 Å². The number of ketones is 1. The lowest BCUT2D eigenvalue weighted by atomic mass is 9.88. The third-order valence-electron chi connectivity index (χ3n) is 3.38. The molecular formula is C19H34O. The Kier molecular flexibility index (Phi) is 13.7. The van der Waals surface area contributed by atoms with Crippen LogP contribution in [0.3, 0.4) is 0 Å². The number of carbonyl (C=O) groups is 1. The summed E-state index contributed by atoms with van der Waals surface area (Å²) in [6, 6.07) is 0. The van der Waals surface area contributed by atoms with Gasteiger partial charge in [0.25, 0.3) is 0 Å². The first kappa shape index (κ1) is 21.2. The Labute approximate surface area is 126 Å². The summed E-state index contributed by atoms with van der Waals surface area (Å²) in [5.74, 6) is 1.87. The molecule has 0 aromatic rings. The van der Waals surface area contributed by atoms with E-state index in [1.165, 1.54) is 18.4 Å². The molecular weight excluding hydrogens is 244 g/mol. The Balaban J connectivity index is 0. The number of hydrogen-bond acceptors (Lipinski definition) is 1. The predicted octanol–water partition coefficient (Wildman–Crippen LogP) is 5.98. The molecule has 0 fully saturated rings. The molecule has 1 rings (SSSR count). The van der Waals surface area contributed by atoms with Crippen molar-refractivity contribution in [1.82, 2.24) is 0 Å². The van der Waals surface area contributed by atoms with Crippen molar-refractivity contribution in [3.8, 4) is 0 Å². The zero-order valence-electron chi connectivity index (χ0n) is 14.6. The van der Waals surface area contributed by atoms with E-state index in [4.69, 9.17) is 0 Å². The van der Waals surface area contributed by atoms with Gasteiger partial charge in [0.15, 0.2) is 0 Å². The summed E-state index contributed by atoms with van der Waals surface area (Å²) in [7, 11) is 0. The van der Waals surface area contributed by atoms with Gasteiger partial charge in [-0.25, -0.2) is 0 Å². The second-order valence-corrected chi connectivity index (χ2v) is 5.56. The summed E-state index contributed by atoms with van der Waals surface area (Å²) < 4.78 is 0. The molecule has 0 aromatic carbocycles. The van der Waals surface area contributed by atoms with E-state index in [-0.39, 0.29) is 11.7 Å². The van der Waals surface area contributed by atoms with Gasteiger partial charge >= 0.3 is 0 Å². The molecule has 0 saturated heterocycles. The number of Topliss-reactive ketones (excluding diaryl/α,β-unsaturated/α-hetero) is 1. The van der Waals surface area contributed by atoms with Crippen molar-refractivity contribution in [3.05, 3.63) is 36.5 Å². The van der Waals surface area contributed by atoms with E-state index in [1.54, 1.807) is 6.92 Å². The highest BCUT2D eigenvalue weighted by Gasteiger charge is 2.10.